The summed E-state index contributed by atoms with van der Waals surface area (Å²) in [5.74, 6) is -0.407. The molecule has 7 nitrogen and oxygen atoms in total. The van der Waals surface area contributed by atoms with E-state index in [4.69, 9.17) is 32.7 Å². The van der Waals surface area contributed by atoms with Gasteiger partial charge in [-0.15, -0.1) is 0 Å². The van der Waals surface area contributed by atoms with Crippen molar-refractivity contribution < 1.29 is 19.1 Å². The zero-order valence-electron chi connectivity index (χ0n) is 21.6. The summed E-state index contributed by atoms with van der Waals surface area (Å²) in [5.41, 5.74) is 0.995. The quantitative estimate of drug-likeness (QED) is 0.178. The molecule has 9 heteroatoms. The van der Waals surface area contributed by atoms with Gasteiger partial charge in [0.1, 0.15) is 5.70 Å². The molecule has 2 N–H and O–H groups in total. The summed E-state index contributed by atoms with van der Waals surface area (Å²) in [6.07, 6.45) is 12.4. The van der Waals surface area contributed by atoms with E-state index in [-0.39, 0.29) is 42.5 Å². The van der Waals surface area contributed by atoms with E-state index in [9.17, 15) is 9.59 Å². The van der Waals surface area contributed by atoms with E-state index in [2.05, 4.69) is 38.3 Å². The van der Waals surface area contributed by atoms with Gasteiger partial charge in [0.25, 0.3) is 0 Å². The number of hydrogen-bond acceptors (Lipinski definition) is 6. The maximum atomic E-state index is 13.0. The van der Waals surface area contributed by atoms with Crippen LogP contribution >= 0.6 is 23.2 Å². The van der Waals surface area contributed by atoms with Crippen molar-refractivity contribution in [3.05, 3.63) is 57.8 Å². The number of rotatable bonds is 11. The molecule has 0 aromatic rings. The molecule has 2 aliphatic carbocycles. The van der Waals surface area contributed by atoms with Crippen LogP contribution in [0, 0.1) is 17.8 Å². The van der Waals surface area contributed by atoms with Gasteiger partial charge < -0.3 is 19.7 Å². The average Bonchev–Trinajstić information content (AvgIpc) is 3.17. The van der Waals surface area contributed by atoms with Crippen LogP contribution in [0.25, 0.3) is 0 Å². The molecule has 0 radical (unpaired) electrons. The molecule has 3 aliphatic rings. The Morgan fingerprint density at radius 1 is 1.22 bits per heavy atom. The summed E-state index contributed by atoms with van der Waals surface area (Å²) in [6, 6.07) is -0.709. The Kier molecular flexibility index (Phi) is 9.86. The molecule has 36 heavy (non-hydrogen) atoms. The third-order valence-corrected chi connectivity index (χ3v) is 7.03. The minimum absolute atomic E-state index is 0.0703. The number of carbonyl (C=O) groups excluding carboxylic acids is 2. The first-order valence-electron chi connectivity index (χ1n) is 12.4. The van der Waals surface area contributed by atoms with Gasteiger partial charge in [0.05, 0.1) is 32.0 Å². The highest BCUT2D eigenvalue weighted by molar-refractivity contribution is 6.31. The third-order valence-electron chi connectivity index (χ3n) is 6.52. The second-order valence-electron chi connectivity index (χ2n) is 10.4. The molecule has 0 saturated carbocycles. The molecule has 0 fully saturated rings. The van der Waals surface area contributed by atoms with Crippen LogP contribution in [0.1, 0.15) is 34.6 Å². The lowest BCUT2D eigenvalue weighted by Crippen LogP contribution is -2.46. The first-order chi connectivity index (χ1) is 17.0. The van der Waals surface area contributed by atoms with Crippen LogP contribution in [0.3, 0.4) is 0 Å². The van der Waals surface area contributed by atoms with Crippen molar-refractivity contribution in [1.82, 2.24) is 15.5 Å². The van der Waals surface area contributed by atoms with E-state index in [0.29, 0.717) is 29.0 Å². The summed E-state index contributed by atoms with van der Waals surface area (Å²) in [7, 11) is 0. The van der Waals surface area contributed by atoms with Crippen LogP contribution in [-0.4, -0.2) is 61.4 Å². The Labute approximate surface area is 224 Å². The van der Waals surface area contributed by atoms with Gasteiger partial charge in [0.2, 0.25) is 6.41 Å². The monoisotopic (exact) mass is 537 g/mol. The number of nitrogens with zero attached hydrogens (tertiary/aromatic N) is 1. The SMILES string of the molecule is CCOC(=O)C1=C(C(COCNC(C)(C)C)N(C=O)CC2C=CC(Cl)=C[C@H]2C)C2C=CC(Cl)=CC2N1. The largest absolute Gasteiger partial charge is 0.461 e. The van der Waals surface area contributed by atoms with E-state index in [1.165, 1.54) is 0 Å². The number of halogens is 2. The number of allylic oxidation sites excluding steroid dienone is 5. The van der Waals surface area contributed by atoms with E-state index in [1.54, 1.807) is 11.8 Å². The van der Waals surface area contributed by atoms with E-state index in [0.717, 1.165) is 12.0 Å². The van der Waals surface area contributed by atoms with Gasteiger partial charge in [-0.05, 0) is 57.4 Å². The molecule has 0 spiro atoms. The second-order valence-corrected chi connectivity index (χ2v) is 11.2. The molecule has 0 bridgehead atoms. The number of nitrogens with one attached hydrogen (secondary N) is 2. The lowest BCUT2D eigenvalue weighted by molar-refractivity contribution is -0.139. The molecule has 1 aliphatic heterocycles. The van der Waals surface area contributed by atoms with Crippen molar-refractivity contribution in [2.75, 3.05) is 26.5 Å². The fourth-order valence-electron chi connectivity index (χ4n) is 4.60. The smallest absolute Gasteiger partial charge is 0.354 e. The predicted molar refractivity (Wildman–Crippen MR) is 143 cm³/mol. The van der Waals surface area contributed by atoms with E-state index >= 15 is 0 Å². The highest BCUT2D eigenvalue weighted by atomic mass is 35.5. The van der Waals surface area contributed by atoms with Crippen LogP contribution < -0.4 is 10.6 Å². The molecular weight excluding hydrogens is 501 g/mol. The summed E-state index contributed by atoms with van der Waals surface area (Å²) in [4.78, 5) is 27.3. The standard InChI is InChI=1S/C27H37Cl2N3O4/c1-6-36-26(34)25-24(21-10-9-20(29)12-22(21)31-25)23(14-35-15-30-27(3,4)5)32(16-33)13-18-7-8-19(28)11-17(18)2/h7-12,16-18,21-23,30-31H,6,13-15H2,1-5H3/t17-,18?,21?,22?,23?/m1/s1. The normalized spacial score (nSPS) is 26.1. The fraction of sp³-hybridized carbons (Fsp3) is 0.556. The minimum Gasteiger partial charge on any atom is -0.461 e. The first kappa shape index (κ1) is 28.5. The number of amides is 1. The van der Waals surface area contributed by atoms with Crippen molar-refractivity contribution in [3.63, 3.8) is 0 Å². The van der Waals surface area contributed by atoms with Crippen LogP contribution in [0.15, 0.2) is 57.8 Å². The molecular formula is C27H37Cl2N3O4. The van der Waals surface area contributed by atoms with Crippen molar-refractivity contribution in [2.24, 2.45) is 17.8 Å². The van der Waals surface area contributed by atoms with Gasteiger partial charge in [-0.3, -0.25) is 10.1 Å². The molecule has 1 heterocycles. The molecule has 0 aromatic heterocycles. The second kappa shape index (κ2) is 12.5. The van der Waals surface area contributed by atoms with Crippen LogP contribution in [0.5, 0.6) is 0 Å². The maximum Gasteiger partial charge on any atom is 0.354 e. The Hall–Kier alpha value is -2.06. The zero-order chi connectivity index (χ0) is 26.5. The lowest BCUT2D eigenvalue weighted by Gasteiger charge is -2.36. The molecule has 4 unspecified atom stereocenters. The highest BCUT2D eigenvalue weighted by Gasteiger charge is 2.42. The van der Waals surface area contributed by atoms with Gasteiger partial charge >= 0.3 is 5.97 Å². The van der Waals surface area contributed by atoms with E-state index in [1.807, 2.05) is 36.5 Å². The number of fused-ring (bicyclic) bond motifs is 1. The Morgan fingerprint density at radius 2 is 1.92 bits per heavy atom. The van der Waals surface area contributed by atoms with Gasteiger partial charge in [-0.25, -0.2) is 4.79 Å². The van der Waals surface area contributed by atoms with Crippen molar-refractivity contribution in [3.8, 4) is 0 Å². The highest BCUT2D eigenvalue weighted by Crippen LogP contribution is 2.37. The van der Waals surface area contributed by atoms with Crippen molar-refractivity contribution >= 4 is 35.6 Å². The lowest BCUT2D eigenvalue weighted by atomic mass is 9.84. The van der Waals surface area contributed by atoms with Crippen molar-refractivity contribution in [2.45, 2.75) is 52.2 Å². The predicted octanol–water partition coefficient (Wildman–Crippen LogP) is 4.22. The van der Waals surface area contributed by atoms with Gasteiger partial charge in [-0.1, -0.05) is 48.4 Å². The molecule has 0 saturated heterocycles. The summed E-state index contributed by atoms with van der Waals surface area (Å²) in [5, 5.41) is 7.88. The summed E-state index contributed by atoms with van der Waals surface area (Å²) >= 11 is 12.4. The number of carbonyl (C=O) groups is 2. The fourth-order valence-corrected chi connectivity index (χ4v) is 5.08. The Balaban J connectivity index is 1.95. The van der Waals surface area contributed by atoms with Crippen molar-refractivity contribution in [1.29, 1.82) is 0 Å². The molecule has 5 atom stereocenters. The molecule has 1 amide bonds. The number of ether oxygens (including phenoxy) is 2. The minimum atomic E-state index is -0.497. The van der Waals surface area contributed by atoms with Gasteiger partial charge in [0.15, 0.2) is 0 Å². The summed E-state index contributed by atoms with van der Waals surface area (Å²) < 4.78 is 11.4. The van der Waals surface area contributed by atoms with Crippen LogP contribution in [0.2, 0.25) is 0 Å². The third kappa shape index (κ3) is 7.25. The molecule has 198 valence electrons. The van der Waals surface area contributed by atoms with Gasteiger partial charge in [-0.2, -0.15) is 0 Å². The van der Waals surface area contributed by atoms with Crippen LogP contribution in [0.4, 0.5) is 0 Å². The van der Waals surface area contributed by atoms with E-state index < -0.39 is 12.0 Å². The topological polar surface area (TPSA) is 79.9 Å². The molecule has 0 aromatic carbocycles. The maximum absolute atomic E-state index is 13.0. The average molecular weight is 539 g/mol. The number of hydrogen-bond donors (Lipinski definition) is 2. The molecule has 3 rings (SSSR count). The Bertz CT molecular complexity index is 980. The summed E-state index contributed by atoms with van der Waals surface area (Å²) in [6.45, 7) is 11.2. The zero-order valence-corrected chi connectivity index (χ0v) is 23.1. The first-order valence-corrected chi connectivity index (χ1v) is 13.1. The number of esters is 1. The van der Waals surface area contributed by atoms with Gasteiger partial charge in [0, 0.05) is 34.0 Å². The Morgan fingerprint density at radius 3 is 2.56 bits per heavy atom. The van der Waals surface area contributed by atoms with Crippen LogP contribution in [-0.2, 0) is 19.1 Å².